The first-order chi connectivity index (χ1) is 14.3. The van der Waals surface area contributed by atoms with Crippen LogP contribution in [0.5, 0.6) is 0 Å². The molecular weight excluding hydrogens is 378 g/mol. The standard InChI is InChI=1S/C23H31N5O2/c1-17(29)27(4)16-19-15-21(26(2)3)25-23(24-19)20-12-8-9-13-28(20)22(30)14-18-10-6-5-7-11-18/h5-7,10-11,15,20H,8-9,12-14,16H2,1-4H3/t20-/m0/s1. The quantitative estimate of drug-likeness (QED) is 0.734. The first kappa shape index (κ1) is 21.7. The Morgan fingerprint density at radius 2 is 1.83 bits per heavy atom. The van der Waals surface area contributed by atoms with Crippen LogP contribution in [0.3, 0.4) is 0 Å². The number of hydrogen-bond donors (Lipinski definition) is 0. The Bertz CT molecular complexity index is 884. The summed E-state index contributed by atoms with van der Waals surface area (Å²) in [6.45, 7) is 2.67. The Labute approximate surface area is 178 Å². The molecule has 2 heterocycles. The van der Waals surface area contributed by atoms with Crippen molar-refractivity contribution in [3.8, 4) is 0 Å². The summed E-state index contributed by atoms with van der Waals surface area (Å²) in [7, 11) is 5.63. The van der Waals surface area contributed by atoms with Crippen molar-refractivity contribution in [1.29, 1.82) is 0 Å². The zero-order valence-corrected chi connectivity index (χ0v) is 18.3. The van der Waals surface area contributed by atoms with Gasteiger partial charge in [0.05, 0.1) is 24.7 Å². The van der Waals surface area contributed by atoms with Gasteiger partial charge in [0.2, 0.25) is 11.8 Å². The van der Waals surface area contributed by atoms with E-state index in [1.54, 1.807) is 18.9 Å². The number of benzene rings is 1. The van der Waals surface area contributed by atoms with Crippen LogP contribution in [-0.4, -0.2) is 59.3 Å². The summed E-state index contributed by atoms with van der Waals surface area (Å²) in [4.78, 5) is 39.9. The van der Waals surface area contributed by atoms with Crippen LogP contribution in [0.4, 0.5) is 5.82 Å². The van der Waals surface area contributed by atoms with Crippen molar-refractivity contribution >= 4 is 17.6 Å². The SMILES string of the molecule is CC(=O)N(C)Cc1cc(N(C)C)nc([C@@H]2CCCCN2C(=O)Cc2ccccc2)n1. The maximum atomic E-state index is 13.1. The molecule has 7 heteroatoms. The summed E-state index contributed by atoms with van der Waals surface area (Å²) in [5.74, 6) is 1.54. The van der Waals surface area contributed by atoms with E-state index in [4.69, 9.17) is 9.97 Å². The number of anilines is 1. The van der Waals surface area contributed by atoms with E-state index in [0.29, 0.717) is 25.3 Å². The number of piperidine rings is 1. The predicted molar refractivity (Wildman–Crippen MR) is 117 cm³/mol. The van der Waals surface area contributed by atoms with Crippen molar-refractivity contribution in [2.24, 2.45) is 0 Å². The van der Waals surface area contributed by atoms with E-state index in [-0.39, 0.29) is 17.9 Å². The lowest BCUT2D eigenvalue weighted by molar-refractivity contribution is -0.134. The van der Waals surface area contributed by atoms with E-state index in [1.165, 1.54) is 0 Å². The number of aromatic nitrogens is 2. The molecule has 1 saturated heterocycles. The van der Waals surface area contributed by atoms with Crippen LogP contribution in [0.15, 0.2) is 36.4 Å². The minimum Gasteiger partial charge on any atom is -0.363 e. The fraction of sp³-hybridized carbons (Fsp3) is 0.478. The molecule has 2 amide bonds. The molecule has 1 aromatic heterocycles. The van der Waals surface area contributed by atoms with Gasteiger partial charge in [-0.05, 0) is 24.8 Å². The Morgan fingerprint density at radius 3 is 2.50 bits per heavy atom. The molecule has 0 N–H and O–H groups in total. The van der Waals surface area contributed by atoms with Gasteiger partial charge in [-0.3, -0.25) is 9.59 Å². The minimum atomic E-state index is -0.142. The summed E-state index contributed by atoms with van der Waals surface area (Å²) >= 11 is 0. The van der Waals surface area contributed by atoms with E-state index in [9.17, 15) is 9.59 Å². The number of amides is 2. The molecule has 1 aliphatic heterocycles. The molecule has 1 fully saturated rings. The molecule has 30 heavy (non-hydrogen) atoms. The minimum absolute atomic E-state index is 0.0149. The second kappa shape index (κ2) is 9.69. The highest BCUT2D eigenvalue weighted by atomic mass is 16.2. The van der Waals surface area contributed by atoms with Crippen LogP contribution in [-0.2, 0) is 22.6 Å². The molecule has 0 unspecified atom stereocenters. The summed E-state index contributed by atoms with van der Waals surface area (Å²) in [5, 5.41) is 0. The average molecular weight is 410 g/mol. The molecule has 0 bridgehead atoms. The second-order valence-electron chi connectivity index (χ2n) is 8.11. The van der Waals surface area contributed by atoms with Crippen molar-refractivity contribution in [2.75, 3.05) is 32.6 Å². The zero-order valence-electron chi connectivity index (χ0n) is 18.3. The Morgan fingerprint density at radius 1 is 1.10 bits per heavy atom. The van der Waals surface area contributed by atoms with Crippen molar-refractivity contribution in [1.82, 2.24) is 19.8 Å². The highest BCUT2D eigenvalue weighted by Gasteiger charge is 2.30. The van der Waals surface area contributed by atoms with Crippen LogP contribution >= 0.6 is 0 Å². The molecule has 1 aromatic carbocycles. The monoisotopic (exact) mass is 409 g/mol. The van der Waals surface area contributed by atoms with Gasteiger partial charge in [-0.15, -0.1) is 0 Å². The van der Waals surface area contributed by atoms with Gasteiger partial charge in [0.25, 0.3) is 0 Å². The van der Waals surface area contributed by atoms with E-state index < -0.39 is 0 Å². The highest BCUT2D eigenvalue weighted by Crippen LogP contribution is 2.31. The third kappa shape index (κ3) is 5.34. The molecule has 0 saturated carbocycles. The lowest BCUT2D eigenvalue weighted by atomic mass is 9.99. The molecule has 0 aliphatic carbocycles. The van der Waals surface area contributed by atoms with Gasteiger partial charge in [-0.1, -0.05) is 30.3 Å². The molecule has 2 aromatic rings. The summed E-state index contributed by atoms with van der Waals surface area (Å²) in [6, 6.07) is 11.6. The summed E-state index contributed by atoms with van der Waals surface area (Å²) in [5.41, 5.74) is 1.79. The second-order valence-corrected chi connectivity index (χ2v) is 8.11. The number of rotatable bonds is 6. The predicted octanol–water partition coefficient (Wildman–Crippen LogP) is 2.82. The van der Waals surface area contributed by atoms with Gasteiger partial charge >= 0.3 is 0 Å². The first-order valence-electron chi connectivity index (χ1n) is 10.5. The van der Waals surface area contributed by atoms with Gasteiger partial charge in [0.15, 0.2) is 5.82 Å². The smallest absolute Gasteiger partial charge is 0.227 e. The summed E-state index contributed by atoms with van der Waals surface area (Å²) < 4.78 is 0. The third-order valence-corrected chi connectivity index (χ3v) is 5.50. The van der Waals surface area contributed by atoms with Crippen molar-refractivity contribution < 1.29 is 9.59 Å². The van der Waals surface area contributed by atoms with Crippen LogP contribution < -0.4 is 4.90 Å². The van der Waals surface area contributed by atoms with Gasteiger partial charge in [-0.2, -0.15) is 0 Å². The molecule has 7 nitrogen and oxygen atoms in total. The van der Waals surface area contributed by atoms with Crippen molar-refractivity contribution in [3.05, 3.63) is 53.5 Å². The van der Waals surface area contributed by atoms with Crippen LogP contribution in [0.1, 0.15) is 49.3 Å². The summed E-state index contributed by atoms with van der Waals surface area (Å²) in [6.07, 6.45) is 3.26. The molecule has 3 rings (SSSR count). The van der Waals surface area contributed by atoms with Crippen molar-refractivity contribution in [2.45, 2.75) is 45.2 Å². The fourth-order valence-electron chi connectivity index (χ4n) is 3.69. The van der Waals surface area contributed by atoms with E-state index in [1.807, 2.05) is 60.3 Å². The van der Waals surface area contributed by atoms with Crippen LogP contribution in [0.25, 0.3) is 0 Å². The average Bonchev–Trinajstić information content (AvgIpc) is 2.74. The number of nitrogens with zero attached hydrogens (tertiary/aromatic N) is 5. The van der Waals surface area contributed by atoms with E-state index >= 15 is 0 Å². The number of carbonyl (C=O) groups excluding carboxylic acids is 2. The maximum Gasteiger partial charge on any atom is 0.227 e. The third-order valence-electron chi connectivity index (χ3n) is 5.50. The largest absolute Gasteiger partial charge is 0.363 e. The van der Waals surface area contributed by atoms with Gasteiger partial charge < -0.3 is 14.7 Å². The van der Waals surface area contributed by atoms with Gasteiger partial charge in [0.1, 0.15) is 5.82 Å². The number of carbonyl (C=O) groups is 2. The first-order valence-corrected chi connectivity index (χ1v) is 10.5. The van der Waals surface area contributed by atoms with Crippen LogP contribution in [0.2, 0.25) is 0 Å². The lowest BCUT2D eigenvalue weighted by Crippen LogP contribution is -2.40. The van der Waals surface area contributed by atoms with Gasteiger partial charge in [0, 0.05) is 40.7 Å². The molecule has 0 spiro atoms. The topological polar surface area (TPSA) is 69.6 Å². The lowest BCUT2D eigenvalue weighted by Gasteiger charge is -2.35. The number of likely N-dealkylation sites (tertiary alicyclic amines) is 1. The molecule has 0 radical (unpaired) electrons. The van der Waals surface area contributed by atoms with E-state index in [2.05, 4.69) is 0 Å². The van der Waals surface area contributed by atoms with Crippen LogP contribution in [0, 0.1) is 0 Å². The molecule has 1 aliphatic rings. The zero-order chi connectivity index (χ0) is 21.7. The van der Waals surface area contributed by atoms with Crippen molar-refractivity contribution in [3.63, 3.8) is 0 Å². The Balaban J connectivity index is 1.89. The molecule has 1 atom stereocenters. The molecule has 160 valence electrons. The van der Waals surface area contributed by atoms with Gasteiger partial charge in [-0.25, -0.2) is 9.97 Å². The molecular formula is C23H31N5O2. The van der Waals surface area contributed by atoms with E-state index in [0.717, 1.165) is 36.3 Å². The highest BCUT2D eigenvalue weighted by molar-refractivity contribution is 5.79. The normalized spacial score (nSPS) is 16.3. The fourth-order valence-corrected chi connectivity index (χ4v) is 3.69. The maximum absolute atomic E-state index is 13.1. The Hall–Kier alpha value is -2.96. The number of hydrogen-bond acceptors (Lipinski definition) is 5. The Kier molecular flexibility index (Phi) is 7.03.